The quantitative estimate of drug-likeness (QED) is 0.0410. The van der Waals surface area contributed by atoms with Gasteiger partial charge in [-0.2, -0.15) is 4.68 Å². The zero-order valence-corrected chi connectivity index (χ0v) is 35.7. The van der Waals surface area contributed by atoms with Crippen molar-refractivity contribution >= 4 is 57.9 Å². The van der Waals surface area contributed by atoms with Crippen LogP contribution in [0.2, 0.25) is 4.34 Å². The minimum Gasteiger partial charge on any atom is -1.00 e. The number of anilines is 1. The Bertz CT molecular complexity index is 1790. The third kappa shape index (κ3) is 15.7. The summed E-state index contributed by atoms with van der Waals surface area (Å²) in [7, 11) is 1.92. The summed E-state index contributed by atoms with van der Waals surface area (Å²) in [5.41, 5.74) is -1.43. The van der Waals surface area contributed by atoms with Gasteiger partial charge in [-0.1, -0.05) is 40.2 Å². The maximum absolute atomic E-state index is 13.1. The first-order valence-electron chi connectivity index (χ1n) is 16.6. The van der Waals surface area contributed by atoms with Crippen molar-refractivity contribution in [2.45, 2.75) is 98.2 Å². The lowest BCUT2D eigenvalue weighted by atomic mass is 10.1. The van der Waals surface area contributed by atoms with Gasteiger partial charge in [0, 0.05) is 6.54 Å². The fourth-order valence-corrected chi connectivity index (χ4v) is 5.32. The van der Waals surface area contributed by atoms with E-state index in [0.29, 0.717) is 25.3 Å². The number of rotatable bonds is 14. The van der Waals surface area contributed by atoms with E-state index in [1.54, 1.807) is 53.7 Å². The number of aromatic nitrogens is 3. The number of alkyl carbamates (subject to hydrolysis) is 1. The lowest BCUT2D eigenvalue weighted by Gasteiger charge is -2.23. The zero-order chi connectivity index (χ0) is 39.7. The molecular formula is C35H48ClIN6O10S. The smallest absolute Gasteiger partial charge is 0.413 e. The highest BCUT2D eigenvalue weighted by Crippen LogP contribution is 2.29. The van der Waals surface area contributed by atoms with Gasteiger partial charge in [-0.25, -0.2) is 24.2 Å². The Morgan fingerprint density at radius 1 is 0.944 bits per heavy atom. The van der Waals surface area contributed by atoms with Gasteiger partial charge in [-0.05, 0) is 86.4 Å². The fourth-order valence-electron chi connectivity index (χ4n) is 4.29. The predicted molar refractivity (Wildman–Crippen MR) is 197 cm³/mol. The molecule has 2 heterocycles. The normalized spacial score (nSPS) is 12.5. The van der Waals surface area contributed by atoms with Gasteiger partial charge >= 0.3 is 24.1 Å². The number of benzene rings is 1. The van der Waals surface area contributed by atoms with Crippen LogP contribution >= 0.6 is 22.9 Å². The molecule has 3 aromatic rings. The Morgan fingerprint density at radius 3 is 2.11 bits per heavy atom. The van der Waals surface area contributed by atoms with Crippen molar-refractivity contribution in [1.29, 1.82) is 0 Å². The Labute approximate surface area is 340 Å². The van der Waals surface area contributed by atoms with Gasteiger partial charge in [0.2, 0.25) is 11.9 Å². The second kappa shape index (κ2) is 19.4. The number of carboxylic acid groups (broad SMARTS) is 1. The number of thiazole rings is 1. The number of aliphatic carboxylic acids is 1. The number of carboxylic acids is 1. The molecule has 0 bridgehead atoms. The molecule has 0 aliphatic rings. The number of carbonyl (C=O) groups excluding carboxylic acids is 3. The SMILES string of the molecule is C[n+]1cc(-c2ccc(OCC(O/N=C(\C(=O)O)c3nc(NC(=O)OC(C)(C)C)sc3Cl)C(=O)OC(C)(C)C)cc2)cn1CCCNC(=O)OC(C)(C)C.[I-]. The second-order valence-corrected chi connectivity index (χ2v) is 16.3. The van der Waals surface area contributed by atoms with E-state index in [0.717, 1.165) is 22.5 Å². The number of halogens is 2. The maximum Gasteiger partial charge on any atom is 0.413 e. The number of carbonyl (C=O) groups is 4. The molecule has 0 aliphatic heterocycles. The highest BCUT2D eigenvalue weighted by atomic mass is 127. The summed E-state index contributed by atoms with van der Waals surface area (Å²) in [5, 5.41) is 18.7. The van der Waals surface area contributed by atoms with E-state index in [1.807, 2.05) is 61.7 Å². The summed E-state index contributed by atoms with van der Waals surface area (Å²) < 4.78 is 25.6. The molecule has 54 heavy (non-hydrogen) atoms. The minimum absolute atomic E-state index is 0. The van der Waals surface area contributed by atoms with Gasteiger partial charge in [0.15, 0.2) is 12.2 Å². The highest BCUT2D eigenvalue weighted by Gasteiger charge is 2.30. The summed E-state index contributed by atoms with van der Waals surface area (Å²) >= 11 is 7.04. The van der Waals surface area contributed by atoms with Crippen molar-refractivity contribution in [1.82, 2.24) is 15.0 Å². The lowest BCUT2D eigenvalue weighted by molar-refractivity contribution is -0.753. The molecular weight excluding hydrogens is 859 g/mol. The molecule has 16 nitrogen and oxygen atoms in total. The summed E-state index contributed by atoms with van der Waals surface area (Å²) in [6, 6.07) is 7.11. The van der Waals surface area contributed by atoms with Crippen molar-refractivity contribution in [2.75, 3.05) is 18.5 Å². The monoisotopic (exact) mass is 906 g/mol. The standard InChI is InChI=1S/C35H47ClN6O10S.HI/c1-33(2,3)49-29(45)24(52-40-26(28(43)44)25-27(36)53-30(38-25)39-32(47)51-35(7,8)9)20-48-23-14-12-21(13-15-23)22-18-41(10)42(19-22)17-11-16-37-31(46)50-34(4,5)6;/h12-15,18-19,24H,11,16-17,20H2,1-10H3,(H2-,37,38,39,43,44,46,47);1H/b40-26-;. The predicted octanol–water partition coefficient (Wildman–Crippen LogP) is 2.95. The van der Waals surface area contributed by atoms with Crippen LogP contribution < -0.4 is 44.0 Å². The van der Waals surface area contributed by atoms with Gasteiger partial charge in [0.1, 0.15) is 39.2 Å². The van der Waals surface area contributed by atoms with E-state index in [9.17, 15) is 24.3 Å². The number of aryl methyl sites for hydroxylation is 2. The summed E-state index contributed by atoms with van der Waals surface area (Å²) in [6.07, 6.45) is 1.88. The molecule has 0 saturated carbocycles. The van der Waals surface area contributed by atoms with Gasteiger partial charge in [-0.3, -0.25) is 5.32 Å². The first-order valence-corrected chi connectivity index (χ1v) is 17.8. The van der Waals surface area contributed by atoms with Crippen LogP contribution in [0.4, 0.5) is 14.7 Å². The molecule has 3 N–H and O–H groups in total. The molecule has 0 aliphatic carbocycles. The Morgan fingerprint density at radius 2 is 1.54 bits per heavy atom. The molecule has 2 aromatic heterocycles. The van der Waals surface area contributed by atoms with Gasteiger partial charge in [-0.15, -0.1) is 4.68 Å². The van der Waals surface area contributed by atoms with E-state index in [2.05, 4.69) is 20.8 Å². The van der Waals surface area contributed by atoms with Gasteiger partial charge < -0.3 is 58.2 Å². The molecule has 0 radical (unpaired) electrons. The fraction of sp³-hybridized carbons (Fsp3) is 0.514. The van der Waals surface area contributed by atoms with Crippen LogP contribution in [0.15, 0.2) is 41.8 Å². The van der Waals surface area contributed by atoms with Crippen LogP contribution in [0.25, 0.3) is 11.1 Å². The summed E-state index contributed by atoms with van der Waals surface area (Å²) in [4.78, 5) is 58.8. The van der Waals surface area contributed by atoms with Crippen molar-refractivity contribution in [3.8, 4) is 16.9 Å². The molecule has 19 heteroatoms. The van der Waals surface area contributed by atoms with E-state index in [1.165, 1.54) is 0 Å². The third-order valence-electron chi connectivity index (χ3n) is 6.40. The molecule has 1 unspecified atom stereocenters. The van der Waals surface area contributed by atoms with E-state index in [-0.39, 0.29) is 45.7 Å². The molecule has 298 valence electrons. The number of amides is 2. The largest absolute Gasteiger partial charge is 1.00 e. The number of hydrogen-bond acceptors (Lipinski definition) is 12. The van der Waals surface area contributed by atoms with Gasteiger partial charge in [0.25, 0.3) is 6.10 Å². The number of nitrogens with zero attached hydrogens (tertiary/aromatic N) is 4. The first-order chi connectivity index (χ1) is 24.5. The van der Waals surface area contributed by atoms with Crippen molar-refractivity contribution < 1.29 is 76.7 Å². The average molecular weight is 907 g/mol. The van der Waals surface area contributed by atoms with Crippen LogP contribution in [-0.4, -0.2) is 80.7 Å². The third-order valence-corrected chi connectivity index (χ3v) is 7.57. The zero-order valence-electron chi connectivity index (χ0n) is 31.9. The molecule has 0 spiro atoms. The van der Waals surface area contributed by atoms with Crippen LogP contribution in [0, 0.1) is 0 Å². The number of oxime groups is 1. The average Bonchev–Trinajstić information content (AvgIpc) is 3.55. The highest BCUT2D eigenvalue weighted by molar-refractivity contribution is 7.20. The number of nitrogens with one attached hydrogen (secondary N) is 2. The Hall–Kier alpha value is -4.17. The Balaban J connectivity index is 0.0000101. The van der Waals surface area contributed by atoms with E-state index in [4.69, 9.17) is 35.4 Å². The molecule has 3 rings (SSSR count). The summed E-state index contributed by atoms with van der Waals surface area (Å²) in [6.45, 7) is 16.2. The molecule has 1 aromatic carbocycles. The topological polar surface area (TPSA) is 193 Å². The van der Waals surface area contributed by atoms with Crippen molar-refractivity contribution in [3.05, 3.63) is 46.7 Å². The van der Waals surface area contributed by atoms with Crippen LogP contribution in [0.1, 0.15) is 74.4 Å². The molecule has 2 amide bonds. The number of ether oxygens (including phenoxy) is 4. The van der Waals surface area contributed by atoms with Gasteiger partial charge in [0.05, 0.1) is 18.3 Å². The molecule has 0 saturated heterocycles. The van der Waals surface area contributed by atoms with Crippen LogP contribution in [0.5, 0.6) is 5.75 Å². The Kier molecular flexibility index (Phi) is 16.5. The summed E-state index contributed by atoms with van der Waals surface area (Å²) in [5.74, 6) is -2.01. The van der Waals surface area contributed by atoms with E-state index >= 15 is 0 Å². The van der Waals surface area contributed by atoms with Crippen LogP contribution in [-0.2, 0) is 42.2 Å². The van der Waals surface area contributed by atoms with Crippen molar-refractivity contribution in [3.63, 3.8) is 0 Å². The van der Waals surface area contributed by atoms with Crippen LogP contribution in [0.3, 0.4) is 0 Å². The maximum atomic E-state index is 13.1. The minimum atomic E-state index is -1.56. The first kappa shape index (κ1) is 46.0. The number of esters is 1. The second-order valence-electron chi connectivity index (χ2n) is 14.7. The molecule has 1 atom stereocenters. The van der Waals surface area contributed by atoms with Crippen molar-refractivity contribution in [2.24, 2.45) is 12.2 Å². The molecule has 0 fully saturated rings. The number of hydrogen-bond donors (Lipinski definition) is 3. The van der Waals surface area contributed by atoms with E-state index < -0.39 is 52.7 Å². The lowest BCUT2D eigenvalue weighted by Crippen LogP contribution is -3.00.